The Morgan fingerprint density at radius 3 is 2.46 bits per heavy atom. The number of benzene rings is 2. The second-order valence-corrected chi connectivity index (χ2v) is 5.42. The van der Waals surface area contributed by atoms with Crippen LogP contribution >= 0.6 is 0 Å². The van der Waals surface area contributed by atoms with Gasteiger partial charge in [0.1, 0.15) is 5.82 Å². The summed E-state index contributed by atoms with van der Waals surface area (Å²) in [6, 6.07) is 8.13. The third-order valence-corrected chi connectivity index (χ3v) is 3.52. The molecule has 0 amide bonds. The van der Waals surface area contributed by atoms with E-state index < -0.39 is 24.4 Å². The zero-order valence-corrected chi connectivity index (χ0v) is 14.8. The van der Waals surface area contributed by atoms with Crippen molar-refractivity contribution in [1.29, 1.82) is 0 Å². The first-order valence-corrected chi connectivity index (χ1v) is 8.10. The zero-order chi connectivity index (χ0) is 20.5. The molecule has 0 fully saturated rings. The Balaban J connectivity index is 2.13. The van der Waals surface area contributed by atoms with Crippen LogP contribution in [0.4, 0.5) is 8.78 Å². The molecule has 0 unspecified atom stereocenters. The van der Waals surface area contributed by atoms with Gasteiger partial charge in [-0.2, -0.15) is 0 Å². The molecule has 0 aliphatic heterocycles. The van der Waals surface area contributed by atoms with Gasteiger partial charge in [0.15, 0.2) is 17.3 Å². The molecule has 0 atom stereocenters. The van der Waals surface area contributed by atoms with Gasteiger partial charge in [-0.3, -0.25) is 4.79 Å². The highest BCUT2D eigenvalue weighted by Gasteiger charge is 2.10. The van der Waals surface area contributed by atoms with Gasteiger partial charge in [0, 0.05) is 17.2 Å². The van der Waals surface area contributed by atoms with Gasteiger partial charge >= 0.3 is 5.97 Å². The van der Waals surface area contributed by atoms with E-state index >= 15 is 0 Å². The van der Waals surface area contributed by atoms with Crippen LogP contribution in [-0.2, 0) is 14.3 Å². The van der Waals surface area contributed by atoms with Crippen LogP contribution in [0.2, 0.25) is 0 Å². The Kier molecular flexibility index (Phi) is 7.23. The van der Waals surface area contributed by atoms with Gasteiger partial charge in [-0.15, -0.1) is 0 Å². The van der Waals surface area contributed by atoms with Crippen LogP contribution in [0, 0.1) is 23.5 Å². The molecule has 142 valence electrons. The first-order chi connectivity index (χ1) is 13.4. The van der Waals surface area contributed by atoms with Crippen LogP contribution in [0.5, 0.6) is 5.75 Å². The minimum atomic E-state index is -0.738. The summed E-state index contributed by atoms with van der Waals surface area (Å²) >= 11 is 0. The zero-order valence-electron chi connectivity index (χ0n) is 14.8. The smallest absolute Gasteiger partial charge is 0.333 e. The minimum absolute atomic E-state index is 0.00164. The van der Waals surface area contributed by atoms with E-state index in [0.29, 0.717) is 11.1 Å². The molecule has 28 heavy (non-hydrogen) atoms. The monoisotopic (exact) mass is 382 g/mol. The molecule has 4 nitrogen and oxygen atoms in total. The lowest BCUT2D eigenvalue weighted by atomic mass is 10.0. The van der Waals surface area contributed by atoms with E-state index in [2.05, 4.69) is 29.7 Å². The Bertz CT molecular complexity index is 984. The fourth-order valence-electron chi connectivity index (χ4n) is 2.13. The highest BCUT2D eigenvalue weighted by atomic mass is 19.1. The number of carbonyl (C=O) groups excluding carboxylic acids is 2. The Hall–Kier alpha value is -3.72. The Morgan fingerprint density at radius 1 is 1.04 bits per heavy atom. The third kappa shape index (κ3) is 5.64. The van der Waals surface area contributed by atoms with Gasteiger partial charge in [0.25, 0.3) is 0 Å². The number of ether oxygens (including phenoxy) is 2. The predicted molar refractivity (Wildman–Crippen MR) is 100 cm³/mol. The number of allylic oxidation sites excluding steroid dienone is 1. The highest BCUT2D eigenvalue weighted by molar-refractivity contribution is 5.90. The Labute approximate surface area is 161 Å². The molecule has 0 bridgehead atoms. The summed E-state index contributed by atoms with van der Waals surface area (Å²) in [5.41, 5.74) is 0.866. The van der Waals surface area contributed by atoms with E-state index in [0.717, 1.165) is 12.1 Å². The lowest BCUT2D eigenvalue weighted by molar-refractivity contribution is -0.144. The summed E-state index contributed by atoms with van der Waals surface area (Å²) in [6.45, 7) is 6.09. The lowest BCUT2D eigenvalue weighted by Gasteiger charge is -2.09. The number of esters is 1. The van der Waals surface area contributed by atoms with Crippen molar-refractivity contribution >= 4 is 11.8 Å². The second kappa shape index (κ2) is 9.83. The highest BCUT2D eigenvalue weighted by Crippen LogP contribution is 2.28. The van der Waals surface area contributed by atoms with Crippen molar-refractivity contribution in [1.82, 2.24) is 0 Å². The van der Waals surface area contributed by atoms with Crippen molar-refractivity contribution in [2.24, 2.45) is 0 Å². The number of ketones is 1. The molecule has 0 aromatic heterocycles. The van der Waals surface area contributed by atoms with Crippen LogP contribution < -0.4 is 4.74 Å². The van der Waals surface area contributed by atoms with Gasteiger partial charge in [-0.05, 0) is 35.9 Å². The number of hydrogen-bond donors (Lipinski definition) is 0. The van der Waals surface area contributed by atoms with E-state index in [9.17, 15) is 18.4 Å². The topological polar surface area (TPSA) is 52.6 Å². The average Bonchev–Trinajstić information content (AvgIpc) is 2.69. The molecule has 0 aliphatic rings. The summed E-state index contributed by atoms with van der Waals surface area (Å²) in [5.74, 6) is 2.93. The fourth-order valence-corrected chi connectivity index (χ4v) is 2.13. The standard InChI is InChI=1S/C22H16F2O4/c1-3-17(25)7-5-6-15-8-10-18(19(23)12-15)16-9-11-21(20(24)13-16)27-14-28-22(26)4-2/h3-4,8-13H,1-2,7,14H2. The summed E-state index contributed by atoms with van der Waals surface area (Å²) in [6.07, 6.45) is 2.13. The van der Waals surface area contributed by atoms with Crippen molar-refractivity contribution in [3.8, 4) is 28.7 Å². The van der Waals surface area contributed by atoms with E-state index in [4.69, 9.17) is 4.74 Å². The van der Waals surface area contributed by atoms with Crippen LogP contribution in [0.1, 0.15) is 12.0 Å². The summed E-state index contributed by atoms with van der Waals surface area (Å²) < 4.78 is 38.2. The van der Waals surface area contributed by atoms with Crippen LogP contribution in [0.25, 0.3) is 11.1 Å². The second-order valence-electron chi connectivity index (χ2n) is 5.42. The SMILES string of the molecule is C=CC(=O)CC#Cc1ccc(-c2ccc(OCOC(=O)C=C)c(F)c2)c(F)c1. The van der Waals surface area contributed by atoms with Crippen molar-refractivity contribution in [2.75, 3.05) is 6.79 Å². The van der Waals surface area contributed by atoms with Crippen LogP contribution in [-0.4, -0.2) is 18.5 Å². The molecule has 2 aromatic carbocycles. The molecule has 0 saturated carbocycles. The summed E-state index contributed by atoms with van der Waals surface area (Å²) in [7, 11) is 0. The van der Waals surface area contributed by atoms with Gasteiger partial charge in [0.05, 0.1) is 6.42 Å². The van der Waals surface area contributed by atoms with E-state index in [1.165, 1.54) is 30.3 Å². The molecule has 0 aliphatic carbocycles. The third-order valence-electron chi connectivity index (χ3n) is 3.52. The molecular formula is C22H16F2O4. The van der Waals surface area contributed by atoms with Gasteiger partial charge in [-0.1, -0.05) is 37.1 Å². The largest absolute Gasteiger partial charge is 0.454 e. The van der Waals surface area contributed by atoms with Crippen LogP contribution in [0.3, 0.4) is 0 Å². The molecule has 0 spiro atoms. The molecule has 2 aromatic rings. The summed E-state index contributed by atoms with van der Waals surface area (Å²) in [4.78, 5) is 22.0. The normalized spacial score (nSPS) is 9.64. The molecule has 0 radical (unpaired) electrons. The van der Waals surface area contributed by atoms with E-state index in [1.54, 1.807) is 6.07 Å². The molecule has 0 heterocycles. The van der Waals surface area contributed by atoms with Gasteiger partial charge < -0.3 is 9.47 Å². The number of rotatable bonds is 7. The van der Waals surface area contributed by atoms with Crippen LogP contribution in [0.15, 0.2) is 61.7 Å². The maximum Gasteiger partial charge on any atom is 0.333 e. The van der Waals surface area contributed by atoms with Crippen molar-refractivity contribution in [3.63, 3.8) is 0 Å². The number of hydrogen-bond acceptors (Lipinski definition) is 4. The minimum Gasteiger partial charge on any atom is -0.454 e. The van der Waals surface area contributed by atoms with Gasteiger partial charge in [0.2, 0.25) is 6.79 Å². The lowest BCUT2D eigenvalue weighted by Crippen LogP contribution is -2.08. The van der Waals surface area contributed by atoms with Crippen molar-refractivity contribution in [2.45, 2.75) is 6.42 Å². The van der Waals surface area contributed by atoms with E-state index in [-0.39, 0.29) is 23.5 Å². The average molecular weight is 382 g/mol. The molecule has 2 rings (SSSR count). The summed E-state index contributed by atoms with van der Waals surface area (Å²) in [5, 5.41) is 0. The van der Waals surface area contributed by atoms with Crippen molar-refractivity contribution in [3.05, 3.63) is 78.9 Å². The van der Waals surface area contributed by atoms with Gasteiger partial charge in [-0.25, -0.2) is 13.6 Å². The molecular weight excluding hydrogens is 366 g/mol. The van der Waals surface area contributed by atoms with Crippen molar-refractivity contribution < 1.29 is 27.8 Å². The first-order valence-electron chi connectivity index (χ1n) is 8.10. The predicted octanol–water partition coefficient (Wildman–Crippen LogP) is 4.19. The maximum atomic E-state index is 14.4. The maximum absolute atomic E-state index is 14.4. The van der Waals surface area contributed by atoms with E-state index in [1.807, 2.05) is 0 Å². The molecule has 0 saturated heterocycles. The fraction of sp³-hybridized carbons (Fsp3) is 0.0909. The molecule has 0 N–H and O–H groups in total. The quantitative estimate of drug-likeness (QED) is 0.312. The number of carbonyl (C=O) groups is 2. The Morgan fingerprint density at radius 2 is 1.82 bits per heavy atom. The first kappa shape index (κ1) is 20.6. The number of halogens is 2. The molecule has 6 heteroatoms.